The quantitative estimate of drug-likeness (QED) is 0.852. The van der Waals surface area contributed by atoms with Gasteiger partial charge in [0, 0.05) is 39.4 Å². The average Bonchev–Trinajstić information content (AvgIpc) is 3.17. The van der Waals surface area contributed by atoms with Gasteiger partial charge in [0.1, 0.15) is 0 Å². The lowest BCUT2D eigenvalue weighted by molar-refractivity contribution is -0.126. The number of nitrogens with zero attached hydrogens (tertiary/aromatic N) is 3. The van der Waals surface area contributed by atoms with Crippen molar-refractivity contribution in [2.45, 2.75) is 25.4 Å². The summed E-state index contributed by atoms with van der Waals surface area (Å²) in [5, 5.41) is 6.96. The molecule has 0 aliphatic carbocycles. The number of hydrogen-bond acceptors (Lipinski definition) is 4. The third kappa shape index (κ3) is 3.07. The number of rotatable bonds is 4. The lowest BCUT2D eigenvalue weighted by Crippen LogP contribution is -2.37. The van der Waals surface area contributed by atoms with Crippen LogP contribution in [-0.2, 0) is 21.4 Å². The second kappa shape index (κ2) is 5.85. The molecule has 1 aromatic heterocycles. The normalized spacial score (nSPS) is 25.6. The summed E-state index contributed by atoms with van der Waals surface area (Å²) >= 11 is 0. The van der Waals surface area contributed by atoms with Crippen LogP contribution < -0.4 is 10.2 Å². The zero-order valence-electron chi connectivity index (χ0n) is 12.1. The molecule has 0 saturated carbocycles. The Bertz CT molecular complexity index is 536. The second-order valence-corrected chi connectivity index (χ2v) is 5.66. The SMILES string of the molecule is Cn1cc(N2C[C@@H](C(=O)NC[C@@H]3CCCO3)CC2=O)cn1. The van der Waals surface area contributed by atoms with Crippen molar-refractivity contribution in [1.82, 2.24) is 15.1 Å². The summed E-state index contributed by atoms with van der Waals surface area (Å²) in [6, 6.07) is 0. The van der Waals surface area contributed by atoms with Gasteiger partial charge in [-0.1, -0.05) is 0 Å². The van der Waals surface area contributed by atoms with Gasteiger partial charge in [0.15, 0.2) is 0 Å². The lowest BCUT2D eigenvalue weighted by Gasteiger charge is -2.15. The molecule has 2 saturated heterocycles. The Morgan fingerprint density at radius 2 is 2.43 bits per heavy atom. The van der Waals surface area contributed by atoms with Gasteiger partial charge in [0.2, 0.25) is 11.8 Å². The zero-order valence-corrected chi connectivity index (χ0v) is 12.1. The van der Waals surface area contributed by atoms with Crippen LogP contribution >= 0.6 is 0 Å². The molecular weight excluding hydrogens is 272 g/mol. The van der Waals surface area contributed by atoms with Crippen molar-refractivity contribution < 1.29 is 14.3 Å². The fourth-order valence-electron chi connectivity index (χ4n) is 2.84. The van der Waals surface area contributed by atoms with Crippen molar-refractivity contribution in [2.75, 3.05) is 24.6 Å². The van der Waals surface area contributed by atoms with E-state index < -0.39 is 0 Å². The highest BCUT2D eigenvalue weighted by Crippen LogP contribution is 2.24. The number of ether oxygens (including phenoxy) is 1. The second-order valence-electron chi connectivity index (χ2n) is 5.66. The van der Waals surface area contributed by atoms with Crippen LogP contribution in [0.5, 0.6) is 0 Å². The Hall–Kier alpha value is -1.89. The van der Waals surface area contributed by atoms with Crippen molar-refractivity contribution >= 4 is 17.5 Å². The van der Waals surface area contributed by atoms with Gasteiger partial charge < -0.3 is 15.0 Å². The third-order valence-electron chi connectivity index (χ3n) is 4.03. The minimum absolute atomic E-state index is 0.0275. The fraction of sp³-hybridized carbons (Fsp3) is 0.643. The molecule has 2 amide bonds. The largest absolute Gasteiger partial charge is 0.376 e. The Balaban J connectivity index is 1.55. The number of aromatic nitrogens is 2. The Labute approximate surface area is 123 Å². The van der Waals surface area contributed by atoms with E-state index in [2.05, 4.69) is 10.4 Å². The summed E-state index contributed by atoms with van der Waals surface area (Å²) < 4.78 is 7.12. The molecule has 3 rings (SSSR count). The molecule has 114 valence electrons. The van der Waals surface area contributed by atoms with Gasteiger partial charge in [-0.25, -0.2) is 0 Å². The molecule has 21 heavy (non-hydrogen) atoms. The first-order valence-corrected chi connectivity index (χ1v) is 7.32. The van der Waals surface area contributed by atoms with E-state index in [4.69, 9.17) is 4.74 Å². The first-order valence-electron chi connectivity index (χ1n) is 7.32. The molecule has 2 aliphatic heterocycles. The Morgan fingerprint density at radius 3 is 3.10 bits per heavy atom. The standard InChI is InChI=1S/C14H20N4O3/c1-17-9-11(6-16-17)18-8-10(5-13(18)19)14(20)15-7-12-3-2-4-21-12/h6,9-10,12H,2-5,7-8H2,1H3,(H,15,20)/t10-,12-/m0/s1. The number of nitrogens with one attached hydrogen (secondary N) is 1. The van der Waals surface area contributed by atoms with Crippen LogP contribution in [-0.4, -0.2) is 47.4 Å². The highest BCUT2D eigenvalue weighted by Gasteiger charge is 2.35. The maximum Gasteiger partial charge on any atom is 0.227 e. The first-order chi connectivity index (χ1) is 10.1. The van der Waals surface area contributed by atoms with Crippen LogP contribution in [0.1, 0.15) is 19.3 Å². The lowest BCUT2D eigenvalue weighted by atomic mass is 10.1. The van der Waals surface area contributed by atoms with Crippen molar-refractivity contribution in [3.8, 4) is 0 Å². The van der Waals surface area contributed by atoms with Crippen molar-refractivity contribution in [1.29, 1.82) is 0 Å². The number of carbonyl (C=O) groups is 2. The van der Waals surface area contributed by atoms with E-state index in [0.29, 0.717) is 13.1 Å². The molecule has 7 heteroatoms. The average molecular weight is 292 g/mol. The van der Waals surface area contributed by atoms with E-state index in [0.717, 1.165) is 25.1 Å². The molecule has 3 heterocycles. The molecule has 0 unspecified atom stereocenters. The predicted molar refractivity (Wildman–Crippen MR) is 75.7 cm³/mol. The Morgan fingerprint density at radius 1 is 1.57 bits per heavy atom. The number of anilines is 1. The van der Waals surface area contributed by atoms with Gasteiger partial charge in [-0.3, -0.25) is 14.3 Å². The monoisotopic (exact) mass is 292 g/mol. The van der Waals surface area contributed by atoms with E-state index >= 15 is 0 Å². The number of carbonyl (C=O) groups excluding carboxylic acids is 2. The minimum Gasteiger partial charge on any atom is -0.376 e. The van der Waals surface area contributed by atoms with Gasteiger partial charge in [0.25, 0.3) is 0 Å². The van der Waals surface area contributed by atoms with Crippen LogP contribution in [0.15, 0.2) is 12.4 Å². The van der Waals surface area contributed by atoms with Gasteiger partial charge >= 0.3 is 0 Å². The molecule has 0 radical (unpaired) electrons. The summed E-state index contributed by atoms with van der Waals surface area (Å²) in [6.45, 7) is 1.73. The molecule has 0 bridgehead atoms. The smallest absolute Gasteiger partial charge is 0.227 e. The molecule has 2 fully saturated rings. The van der Waals surface area contributed by atoms with E-state index in [-0.39, 0.29) is 30.3 Å². The van der Waals surface area contributed by atoms with E-state index in [1.807, 2.05) is 0 Å². The summed E-state index contributed by atoms with van der Waals surface area (Å²) in [5.41, 5.74) is 0.747. The molecule has 7 nitrogen and oxygen atoms in total. The number of aryl methyl sites for hydroxylation is 1. The van der Waals surface area contributed by atoms with Crippen LogP contribution in [0.25, 0.3) is 0 Å². The first kappa shape index (κ1) is 14.1. The van der Waals surface area contributed by atoms with Gasteiger partial charge in [-0.05, 0) is 12.8 Å². The van der Waals surface area contributed by atoms with Crippen LogP contribution in [0.3, 0.4) is 0 Å². The predicted octanol–water partition coefficient (Wildman–Crippen LogP) is 0.0682. The minimum atomic E-state index is -0.292. The molecular formula is C14H20N4O3. The molecule has 2 atom stereocenters. The third-order valence-corrected chi connectivity index (χ3v) is 4.03. The van der Waals surface area contributed by atoms with Crippen molar-refractivity contribution in [3.05, 3.63) is 12.4 Å². The van der Waals surface area contributed by atoms with Gasteiger partial charge in [-0.15, -0.1) is 0 Å². The van der Waals surface area contributed by atoms with Crippen LogP contribution in [0, 0.1) is 5.92 Å². The highest BCUT2D eigenvalue weighted by atomic mass is 16.5. The summed E-state index contributed by atoms with van der Waals surface area (Å²) in [7, 11) is 1.80. The summed E-state index contributed by atoms with van der Waals surface area (Å²) in [4.78, 5) is 25.8. The summed E-state index contributed by atoms with van der Waals surface area (Å²) in [5.74, 6) is -0.385. The maximum atomic E-state index is 12.2. The molecule has 2 aliphatic rings. The molecule has 1 aromatic rings. The molecule has 0 spiro atoms. The van der Waals surface area contributed by atoms with E-state index in [1.54, 1.807) is 29.0 Å². The number of amides is 2. The van der Waals surface area contributed by atoms with Gasteiger partial charge in [0.05, 0.1) is 23.9 Å². The summed E-state index contributed by atoms with van der Waals surface area (Å²) in [6.07, 6.45) is 5.85. The molecule has 0 aromatic carbocycles. The topological polar surface area (TPSA) is 76.5 Å². The Kier molecular flexibility index (Phi) is 3.92. The van der Waals surface area contributed by atoms with E-state index in [1.165, 1.54) is 0 Å². The van der Waals surface area contributed by atoms with Crippen LogP contribution in [0.2, 0.25) is 0 Å². The highest BCUT2D eigenvalue weighted by molar-refractivity contribution is 6.00. The van der Waals surface area contributed by atoms with Crippen molar-refractivity contribution in [2.24, 2.45) is 13.0 Å². The van der Waals surface area contributed by atoms with Crippen LogP contribution in [0.4, 0.5) is 5.69 Å². The number of hydrogen-bond donors (Lipinski definition) is 1. The van der Waals surface area contributed by atoms with Crippen molar-refractivity contribution in [3.63, 3.8) is 0 Å². The maximum absolute atomic E-state index is 12.2. The zero-order chi connectivity index (χ0) is 14.8. The van der Waals surface area contributed by atoms with Gasteiger partial charge in [-0.2, -0.15) is 5.10 Å². The van der Waals surface area contributed by atoms with E-state index in [9.17, 15) is 9.59 Å². The fourth-order valence-corrected chi connectivity index (χ4v) is 2.84. The molecule has 1 N–H and O–H groups in total.